The quantitative estimate of drug-likeness (QED) is 0.620. The van der Waals surface area contributed by atoms with Crippen molar-refractivity contribution in [1.82, 2.24) is 0 Å². The molecule has 0 nitrogen and oxygen atoms in total. The molecular weight excluding hydrogens is 234 g/mol. The Morgan fingerprint density at radius 2 is 2.00 bits per heavy atom. The van der Waals surface area contributed by atoms with Crippen LogP contribution in [-0.4, -0.2) is 11.5 Å². The van der Waals surface area contributed by atoms with Crippen LogP contribution >= 0.6 is 24.4 Å². The Labute approximate surface area is 98.9 Å². The molecule has 0 N–H and O–H groups in total. The summed E-state index contributed by atoms with van der Waals surface area (Å²) in [4.78, 5) is 0.492. The molecule has 4 heteroatoms. The lowest BCUT2D eigenvalue weighted by molar-refractivity contribution is 0.493. The molecule has 1 aromatic carbocycles. The second-order valence-electron chi connectivity index (χ2n) is 4.19. The van der Waals surface area contributed by atoms with E-state index in [9.17, 15) is 8.78 Å². The van der Waals surface area contributed by atoms with E-state index in [1.165, 1.54) is 23.9 Å². The minimum atomic E-state index is -0.537. The second-order valence-corrected chi connectivity index (χ2v) is 5.52. The lowest BCUT2D eigenvalue weighted by Gasteiger charge is -2.21. The van der Waals surface area contributed by atoms with Gasteiger partial charge in [-0.15, -0.1) is 11.8 Å². The molecule has 0 aliphatic rings. The molecule has 0 aromatic heterocycles. The highest BCUT2D eigenvalue weighted by molar-refractivity contribution is 7.99. The summed E-state index contributed by atoms with van der Waals surface area (Å²) in [6.45, 7) is 4.13. The lowest BCUT2D eigenvalue weighted by atomic mass is 10.0. The van der Waals surface area contributed by atoms with Crippen LogP contribution in [0.1, 0.15) is 13.8 Å². The van der Waals surface area contributed by atoms with E-state index in [1.54, 1.807) is 0 Å². The average molecular weight is 248 g/mol. The molecule has 84 valence electrons. The van der Waals surface area contributed by atoms with E-state index in [-0.39, 0.29) is 5.41 Å². The fourth-order valence-corrected chi connectivity index (χ4v) is 2.18. The number of hydrogen-bond donors (Lipinski definition) is 1. The molecule has 0 saturated carbocycles. The van der Waals surface area contributed by atoms with E-state index >= 15 is 0 Å². The fraction of sp³-hybridized carbons (Fsp3) is 0.455. The van der Waals surface area contributed by atoms with Crippen LogP contribution in [-0.2, 0) is 0 Å². The van der Waals surface area contributed by atoms with Gasteiger partial charge in [0.15, 0.2) is 0 Å². The van der Waals surface area contributed by atoms with Gasteiger partial charge in [-0.3, -0.25) is 0 Å². The van der Waals surface area contributed by atoms with Gasteiger partial charge in [0.25, 0.3) is 0 Å². The van der Waals surface area contributed by atoms with Crippen molar-refractivity contribution in [3.8, 4) is 0 Å². The summed E-state index contributed by atoms with van der Waals surface area (Å²) < 4.78 is 25.9. The van der Waals surface area contributed by atoms with Crippen LogP contribution in [0.3, 0.4) is 0 Å². The minimum absolute atomic E-state index is 0.0502. The predicted molar refractivity (Wildman–Crippen MR) is 64.7 cm³/mol. The molecule has 0 heterocycles. The molecule has 0 unspecified atom stereocenters. The van der Waals surface area contributed by atoms with Crippen molar-refractivity contribution in [2.75, 3.05) is 11.5 Å². The number of halogens is 2. The molecular formula is C11H14F2S2. The van der Waals surface area contributed by atoms with Crippen molar-refractivity contribution in [2.45, 2.75) is 18.7 Å². The summed E-state index contributed by atoms with van der Waals surface area (Å²) in [5.41, 5.74) is 0.0502. The standard InChI is InChI=1S/C11H14F2S2/c1-11(2,6-14)7-15-10-4-3-8(12)5-9(10)13/h3-5,14H,6-7H2,1-2H3. The van der Waals surface area contributed by atoms with Crippen molar-refractivity contribution in [2.24, 2.45) is 5.41 Å². The van der Waals surface area contributed by atoms with Gasteiger partial charge in [-0.2, -0.15) is 12.6 Å². The number of thiol groups is 1. The van der Waals surface area contributed by atoms with Crippen LogP contribution in [0.4, 0.5) is 8.78 Å². The highest BCUT2D eigenvalue weighted by Gasteiger charge is 2.17. The van der Waals surface area contributed by atoms with Gasteiger partial charge in [-0.05, 0) is 23.3 Å². The van der Waals surface area contributed by atoms with Gasteiger partial charge in [-0.1, -0.05) is 13.8 Å². The molecule has 1 rings (SSSR count). The largest absolute Gasteiger partial charge is 0.207 e. The summed E-state index contributed by atoms with van der Waals surface area (Å²) >= 11 is 5.62. The van der Waals surface area contributed by atoms with Crippen LogP contribution < -0.4 is 0 Å². The van der Waals surface area contributed by atoms with Crippen LogP contribution in [0.2, 0.25) is 0 Å². The molecule has 0 radical (unpaired) electrons. The molecule has 15 heavy (non-hydrogen) atoms. The van der Waals surface area contributed by atoms with Crippen molar-refractivity contribution in [3.05, 3.63) is 29.8 Å². The Morgan fingerprint density at radius 3 is 2.53 bits per heavy atom. The maximum atomic E-state index is 13.2. The zero-order valence-electron chi connectivity index (χ0n) is 8.76. The number of rotatable bonds is 4. The minimum Gasteiger partial charge on any atom is -0.207 e. The van der Waals surface area contributed by atoms with Gasteiger partial charge >= 0.3 is 0 Å². The van der Waals surface area contributed by atoms with Gasteiger partial charge in [0.2, 0.25) is 0 Å². The molecule has 0 saturated heterocycles. The van der Waals surface area contributed by atoms with Crippen molar-refractivity contribution >= 4 is 24.4 Å². The number of benzene rings is 1. The van der Waals surface area contributed by atoms with E-state index in [1.807, 2.05) is 0 Å². The Bertz CT molecular complexity index is 337. The molecule has 0 amide bonds. The third-order valence-corrected chi connectivity index (χ3v) is 4.36. The van der Waals surface area contributed by atoms with E-state index in [0.29, 0.717) is 4.90 Å². The number of thioether (sulfide) groups is 1. The highest BCUT2D eigenvalue weighted by atomic mass is 32.2. The zero-order chi connectivity index (χ0) is 11.5. The van der Waals surface area contributed by atoms with Crippen molar-refractivity contribution < 1.29 is 8.78 Å². The summed E-state index contributed by atoms with van der Waals surface area (Å²) in [6.07, 6.45) is 0. The zero-order valence-corrected chi connectivity index (χ0v) is 10.5. The summed E-state index contributed by atoms with van der Waals surface area (Å²) in [7, 11) is 0. The molecule has 0 atom stereocenters. The van der Waals surface area contributed by atoms with Crippen LogP contribution in [0.25, 0.3) is 0 Å². The smallest absolute Gasteiger partial charge is 0.139 e. The third kappa shape index (κ3) is 4.03. The van der Waals surface area contributed by atoms with Crippen molar-refractivity contribution in [3.63, 3.8) is 0 Å². The first-order valence-electron chi connectivity index (χ1n) is 4.63. The first-order chi connectivity index (χ1) is 6.94. The van der Waals surface area contributed by atoms with E-state index in [0.717, 1.165) is 17.6 Å². The van der Waals surface area contributed by atoms with Gasteiger partial charge in [0.1, 0.15) is 11.6 Å². The Morgan fingerprint density at radius 1 is 1.33 bits per heavy atom. The van der Waals surface area contributed by atoms with Gasteiger partial charge in [0, 0.05) is 16.7 Å². The molecule has 0 aliphatic heterocycles. The second kappa shape index (κ2) is 5.21. The van der Waals surface area contributed by atoms with Gasteiger partial charge in [0.05, 0.1) is 0 Å². The topological polar surface area (TPSA) is 0 Å². The Hall–Kier alpha value is -0.220. The maximum absolute atomic E-state index is 13.2. The van der Waals surface area contributed by atoms with Crippen LogP contribution in [0, 0.1) is 17.0 Å². The first kappa shape index (κ1) is 12.8. The predicted octanol–water partition coefficient (Wildman–Crippen LogP) is 4.01. The van der Waals surface area contributed by atoms with E-state index in [2.05, 4.69) is 26.5 Å². The summed E-state index contributed by atoms with van der Waals surface area (Å²) in [5, 5.41) is 0. The molecule has 0 spiro atoms. The van der Waals surface area contributed by atoms with Gasteiger partial charge in [-0.25, -0.2) is 8.78 Å². The van der Waals surface area contributed by atoms with E-state index in [4.69, 9.17) is 0 Å². The maximum Gasteiger partial charge on any atom is 0.139 e. The molecule has 0 aliphatic carbocycles. The SMILES string of the molecule is CC(C)(CS)CSc1ccc(F)cc1F. The first-order valence-corrected chi connectivity index (χ1v) is 6.25. The summed E-state index contributed by atoms with van der Waals surface area (Å²) in [5.74, 6) is 0.474. The lowest BCUT2D eigenvalue weighted by Crippen LogP contribution is -2.16. The summed E-state index contributed by atoms with van der Waals surface area (Å²) in [6, 6.07) is 3.67. The van der Waals surface area contributed by atoms with E-state index < -0.39 is 11.6 Å². The number of hydrogen-bond acceptors (Lipinski definition) is 2. The normalized spacial score (nSPS) is 11.8. The fourth-order valence-electron chi connectivity index (χ4n) is 0.911. The molecule has 0 bridgehead atoms. The molecule has 1 aromatic rings. The monoisotopic (exact) mass is 248 g/mol. The van der Waals surface area contributed by atoms with Gasteiger partial charge < -0.3 is 0 Å². The van der Waals surface area contributed by atoms with Crippen LogP contribution in [0.15, 0.2) is 23.1 Å². The third-order valence-electron chi connectivity index (χ3n) is 1.94. The van der Waals surface area contributed by atoms with Crippen LogP contribution in [0.5, 0.6) is 0 Å². The Kier molecular flexibility index (Phi) is 4.46. The average Bonchev–Trinajstić information content (AvgIpc) is 2.16. The highest BCUT2D eigenvalue weighted by Crippen LogP contribution is 2.30. The van der Waals surface area contributed by atoms with Crippen molar-refractivity contribution in [1.29, 1.82) is 0 Å². The Balaban J connectivity index is 2.66. The molecule has 0 fully saturated rings.